The van der Waals surface area contributed by atoms with Crippen molar-refractivity contribution in [3.05, 3.63) is 83.4 Å². The van der Waals surface area contributed by atoms with E-state index in [0.29, 0.717) is 11.5 Å². The lowest BCUT2D eigenvalue weighted by atomic mass is 9.96. The van der Waals surface area contributed by atoms with E-state index in [9.17, 15) is 0 Å². The molecule has 0 aliphatic carbocycles. The zero-order valence-electron chi connectivity index (χ0n) is 17.7. The van der Waals surface area contributed by atoms with Gasteiger partial charge in [0, 0.05) is 17.5 Å². The van der Waals surface area contributed by atoms with Gasteiger partial charge < -0.3 is 18.9 Å². The minimum Gasteiger partial charge on any atom is -0.497 e. The Morgan fingerprint density at radius 3 is 2.39 bits per heavy atom. The number of para-hydroxylation sites is 1. The highest BCUT2D eigenvalue weighted by atomic mass is 16.5. The topological polar surface area (TPSA) is 52.5 Å². The van der Waals surface area contributed by atoms with E-state index in [4.69, 9.17) is 24.0 Å². The monoisotopic (exact) mass is 416 g/mol. The summed E-state index contributed by atoms with van der Waals surface area (Å²) in [6.45, 7) is 0. The molecule has 2 heterocycles. The summed E-state index contributed by atoms with van der Waals surface area (Å²) in [6, 6.07) is 22.2. The van der Waals surface area contributed by atoms with Crippen molar-refractivity contribution in [1.82, 2.24) is 5.01 Å². The van der Waals surface area contributed by atoms with Gasteiger partial charge >= 0.3 is 0 Å². The van der Waals surface area contributed by atoms with Gasteiger partial charge in [0.15, 0.2) is 11.5 Å². The third-order valence-electron chi connectivity index (χ3n) is 5.82. The second-order valence-corrected chi connectivity index (χ2v) is 7.50. The van der Waals surface area contributed by atoms with Gasteiger partial charge in [0.25, 0.3) is 0 Å². The Balaban J connectivity index is 1.56. The summed E-state index contributed by atoms with van der Waals surface area (Å²) in [5.74, 6) is 3.06. The molecule has 2 aliphatic heterocycles. The van der Waals surface area contributed by atoms with Crippen molar-refractivity contribution in [3.63, 3.8) is 0 Å². The second-order valence-electron chi connectivity index (χ2n) is 7.50. The van der Waals surface area contributed by atoms with Crippen LogP contribution in [0.15, 0.2) is 71.8 Å². The van der Waals surface area contributed by atoms with Crippen molar-refractivity contribution in [2.75, 3.05) is 21.3 Å². The van der Waals surface area contributed by atoms with Crippen LogP contribution in [0.1, 0.15) is 35.4 Å². The highest BCUT2D eigenvalue weighted by Crippen LogP contribution is 2.48. The second kappa shape index (κ2) is 7.87. The van der Waals surface area contributed by atoms with E-state index in [0.717, 1.165) is 40.3 Å². The van der Waals surface area contributed by atoms with Crippen molar-refractivity contribution in [2.45, 2.75) is 18.7 Å². The summed E-state index contributed by atoms with van der Waals surface area (Å²) < 4.78 is 22.6. The minimum atomic E-state index is -0.365. The van der Waals surface area contributed by atoms with Gasteiger partial charge in [-0.2, -0.15) is 5.10 Å². The molecule has 0 aromatic heterocycles. The van der Waals surface area contributed by atoms with Gasteiger partial charge in [0.05, 0.1) is 33.1 Å². The fourth-order valence-corrected chi connectivity index (χ4v) is 4.22. The normalized spacial score (nSPS) is 19.1. The lowest BCUT2D eigenvalue weighted by molar-refractivity contribution is -0.0191. The van der Waals surface area contributed by atoms with Gasteiger partial charge in [-0.25, -0.2) is 5.01 Å². The fourth-order valence-electron chi connectivity index (χ4n) is 4.22. The van der Waals surface area contributed by atoms with E-state index in [-0.39, 0.29) is 12.3 Å². The highest BCUT2D eigenvalue weighted by molar-refractivity contribution is 6.02. The van der Waals surface area contributed by atoms with Crippen molar-refractivity contribution in [2.24, 2.45) is 5.10 Å². The Morgan fingerprint density at radius 2 is 1.65 bits per heavy atom. The Morgan fingerprint density at radius 1 is 0.871 bits per heavy atom. The van der Waals surface area contributed by atoms with Crippen LogP contribution in [0.25, 0.3) is 0 Å². The number of hydrogen-bond donors (Lipinski definition) is 0. The lowest BCUT2D eigenvalue weighted by Crippen LogP contribution is -2.33. The molecule has 0 radical (unpaired) electrons. The van der Waals surface area contributed by atoms with Crippen LogP contribution in [0, 0.1) is 0 Å². The molecule has 0 unspecified atom stereocenters. The van der Waals surface area contributed by atoms with Crippen LogP contribution in [0.5, 0.6) is 23.0 Å². The van der Waals surface area contributed by atoms with E-state index in [1.165, 1.54) is 0 Å². The summed E-state index contributed by atoms with van der Waals surface area (Å²) >= 11 is 0. The Bertz CT molecular complexity index is 1130. The van der Waals surface area contributed by atoms with Crippen molar-refractivity contribution >= 4 is 5.71 Å². The van der Waals surface area contributed by atoms with Gasteiger partial charge in [-0.1, -0.05) is 18.2 Å². The van der Waals surface area contributed by atoms with Crippen LogP contribution in [-0.2, 0) is 0 Å². The highest BCUT2D eigenvalue weighted by Gasteiger charge is 2.41. The first-order valence-electron chi connectivity index (χ1n) is 10.2. The molecule has 0 bridgehead atoms. The summed E-state index contributed by atoms with van der Waals surface area (Å²) in [4.78, 5) is 0. The molecule has 0 spiro atoms. The SMILES string of the molecule is COc1ccc(C2=NN3[C@@H](c4ccc(OC)c(OC)c4)Oc4ccccc4[C@@H]3C2)cc1. The van der Waals surface area contributed by atoms with Crippen LogP contribution in [-0.4, -0.2) is 32.0 Å². The van der Waals surface area contributed by atoms with Crippen LogP contribution >= 0.6 is 0 Å². The first kappa shape index (κ1) is 19.3. The van der Waals surface area contributed by atoms with Crippen LogP contribution in [0.3, 0.4) is 0 Å². The molecular weight excluding hydrogens is 392 g/mol. The standard InChI is InChI=1S/C25H24N2O4/c1-28-18-11-8-16(9-12-18)20-15-21-19-6-4-5-7-22(19)31-25(27(21)26-20)17-10-13-23(29-2)24(14-17)30-3/h4-14,21,25H,15H2,1-3H3/t21-,25+/m0/s1. The summed E-state index contributed by atoms with van der Waals surface area (Å²) in [7, 11) is 4.94. The van der Waals surface area contributed by atoms with Crippen molar-refractivity contribution < 1.29 is 18.9 Å². The molecule has 6 heteroatoms. The molecule has 158 valence electrons. The van der Waals surface area contributed by atoms with E-state index in [2.05, 4.69) is 11.1 Å². The predicted molar refractivity (Wildman–Crippen MR) is 118 cm³/mol. The number of fused-ring (bicyclic) bond motifs is 3. The molecule has 6 nitrogen and oxygen atoms in total. The van der Waals surface area contributed by atoms with E-state index in [1.54, 1.807) is 21.3 Å². The molecule has 0 saturated heterocycles. The van der Waals surface area contributed by atoms with Gasteiger partial charge in [0.1, 0.15) is 11.5 Å². The molecule has 2 atom stereocenters. The number of hydrazone groups is 1. The smallest absolute Gasteiger partial charge is 0.214 e. The number of ether oxygens (including phenoxy) is 4. The van der Waals surface area contributed by atoms with E-state index in [1.807, 2.05) is 60.7 Å². The zero-order chi connectivity index (χ0) is 21.4. The lowest BCUT2D eigenvalue weighted by Gasteiger charge is -2.38. The third-order valence-corrected chi connectivity index (χ3v) is 5.82. The number of benzene rings is 3. The predicted octanol–water partition coefficient (Wildman–Crippen LogP) is 4.95. The molecular formula is C25H24N2O4. The molecule has 2 aliphatic rings. The fraction of sp³-hybridized carbons (Fsp3) is 0.240. The Kier molecular flexibility index (Phi) is 4.90. The molecule has 31 heavy (non-hydrogen) atoms. The Hall–Kier alpha value is -3.67. The zero-order valence-corrected chi connectivity index (χ0v) is 17.7. The largest absolute Gasteiger partial charge is 0.497 e. The van der Waals surface area contributed by atoms with Crippen LogP contribution in [0.4, 0.5) is 0 Å². The molecule has 5 rings (SSSR count). The van der Waals surface area contributed by atoms with Crippen molar-refractivity contribution in [1.29, 1.82) is 0 Å². The average Bonchev–Trinajstić information content (AvgIpc) is 3.29. The van der Waals surface area contributed by atoms with Gasteiger partial charge in [-0.3, -0.25) is 0 Å². The first-order chi connectivity index (χ1) is 15.2. The average molecular weight is 416 g/mol. The molecule has 0 saturated carbocycles. The maximum Gasteiger partial charge on any atom is 0.214 e. The van der Waals surface area contributed by atoms with Crippen LogP contribution < -0.4 is 18.9 Å². The maximum absolute atomic E-state index is 6.43. The molecule has 0 amide bonds. The number of methoxy groups -OCH3 is 3. The molecule has 0 fully saturated rings. The number of hydrogen-bond acceptors (Lipinski definition) is 6. The quantitative estimate of drug-likeness (QED) is 0.589. The molecule has 3 aromatic rings. The molecule has 3 aromatic carbocycles. The number of nitrogens with zero attached hydrogens (tertiary/aromatic N) is 2. The summed E-state index contributed by atoms with van der Waals surface area (Å²) in [5.41, 5.74) is 4.21. The van der Waals surface area contributed by atoms with Crippen LogP contribution in [0.2, 0.25) is 0 Å². The van der Waals surface area contributed by atoms with Gasteiger partial charge in [-0.15, -0.1) is 0 Å². The third kappa shape index (κ3) is 3.34. The van der Waals surface area contributed by atoms with Gasteiger partial charge in [0.2, 0.25) is 6.23 Å². The van der Waals surface area contributed by atoms with Gasteiger partial charge in [-0.05, 0) is 54.1 Å². The summed E-state index contributed by atoms with van der Waals surface area (Å²) in [5, 5.41) is 7.06. The van der Waals surface area contributed by atoms with E-state index >= 15 is 0 Å². The number of rotatable bonds is 5. The summed E-state index contributed by atoms with van der Waals surface area (Å²) in [6.07, 6.45) is 0.437. The maximum atomic E-state index is 6.43. The first-order valence-corrected chi connectivity index (χ1v) is 10.2. The Labute approximate surface area is 181 Å². The van der Waals surface area contributed by atoms with E-state index < -0.39 is 0 Å². The van der Waals surface area contributed by atoms with Crippen molar-refractivity contribution in [3.8, 4) is 23.0 Å². The molecule has 0 N–H and O–H groups in total. The minimum absolute atomic E-state index is 0.0974.